The molecule has 0 bridgehead atoms. The molecule has 1 aromatic rings. The molecule has 0 radical (unpaired) electrons. The van der Waals surface area contributed by atoms with E-state index in [9.17, 15) is 4.79 Å². The minimum absolute atomic E-state index is 0. The van der Waals surface area contributed by atoms with Crippen molar-refractivity contribution in [3.63, 3.8) is 0 Å². The molecule has 0 saturated carbocycles. The first kappa shape index (κ1) is 14.8. The van der Waals surface area contributed by atoms with Gasteiger partial charge in [-0.15, -0.1) is 12.4 Å². The lowest BCUT2D eigenvalue weighted by Crippen LogP contribution is -2.40. The molecule has 1 aromatic carbocycles. The van der Waals surface area contributed by atoms with Crippen molar-refractivity contribution in [3.05, 3.63) is 29.8 Å². The lowest BCUT2D eigenvalue weighted by Gasteiger charge is -2.12. The molecule has 0 aliphatic carbocycles. The number of methoxy groups -OCH3 is 1. The fourth-order valence-electron chi connectivity index (χ4n) is 2.06. The van der Waals surface area contributed by atoms with E-state index in [2.05, 4.69) is 10.6 Å². The fourth-order valence-corrected chi connectivity index (χ4v) is 2.06. The number of amides is 1. The van der Waals surface area contributed by atoms with Gasteiger partial charge in [0.15, 0.2) is 0 Å². The lowest BCUT2D eigenvalue weighted by atomic mass is 10.2. The third-order valence-electron chi connectivity index (χ3n) is 3.02. The Balaban J connectivity index is 0.00000162. The van der Waals surface area contributed by atoms with E-state index in [1.165, 1.54) is 0 Å². The van der Waals surface area contributed by atoms with Gasteiger partial charge in [-0.2, -0.15) is 0 Å². The summed E-state index contributed by atoms with van der Waals surface area (Å²) in [4.78, 5) is 11.8. The van der Waals surface area contributed by atoms with Crippen LogP contribution in [0, 0.1) is 0 Å². The molecule has 1 saturated heterocycles. The van der Waals surface area contributed by atoms with E-state index in [0.717, 1.165) is 30.7 Å². The van der Waals surface area contributed by atoms with Crippen molar-refractivity contribution in [1.82, 2.24) is 10.6 Å². The third kappa shape index (κ3) is 3.62. The number of benzene rings is 1. The van der Waals surface area contributed by atoms with Crippen molar-refractivity contribution in [3.8, 4) is 5.75 Å². The van der Waals surface area contributed by atoms with Gasteiger partial charge in [-0.05, 0) is 25.5 Å². The molecule has 0 spiro atoms. The summed E-state index contributed by atoms with van der Waals surface area (Å²) in [5, 5.41) is 6.11. The van der Waals surface area contributed by atoms with Gasteiger partial charge in [-0.3, -0.25) is 4.79 Å². The standard InChI is InChI=1S/C13H18N2O2.ClH/c1-17-12-7-3-2-5-10(12)9-15-13(16)11-6-4-8-14-11;/h2-3,5,7,11,14H,4,6,8-9H2,1H3,(H,15,16);1H/t11-;/m0./s1. The van der Waals surface area contributed by atoms with Gasteiger partial charge in [0.2, 0.25) is 5.91 Å². The Labute approximate surface area is 114 Å². The van der Waals surface area contributed by atoms with Gasteiger partial charge in [-0.25, -0.2) is 0 Å². The second kappa shape index (κ2) is 7.24. The number of carbonyl (C=O) groups excluding carboxylic acids is 1. The van der Waals surface area contributed by atoms with E-state index in [1.807, 2.05) is 24.3 Å². The molecule has 2 N–H and O–H groups in total. The highest BCUT2D eigenvalue weighted by Gasteiger charge is 2.21. The van der Waals surface area contributed by atoms with E-state index in [0.29, 0.717) is 6.54 Å². The van der Waals surface area contributed by atoms with Crippen molar-refractivity contribution in [2.45, 2.75) is 25.4 Å². The van der Waals surface area contributed by atoms with Crippen LogP contribution in [0.1, 0.15) is 18.4 Å². The smallest absolute Gasteiger partial charge is 0.237 e. The Hall–Kier alpha value is -1.26. The quantitative estimate of drug-likeness (QED) is 0.872. The highest BCUT2D eigenvalue weighted by Crippen LogP contribution is 2.16. The molecule has 1 heterocycles. The van der Waals surface area contributed by atoms with Gasteiger partial charge in [0, 0.05) is 12.1 Å². The Bertz CT molecular complexity index is 392. The molecule has 18 heavy (non-hydrogen) atoms. The molecule has 2 rings (SSSR count). The zero-order valence-electron chi connectivity index (χ0n) is 10.4. The van der Waals surface area contributed by atoms with Crippen molar-refractivity contribution in [2.24, 2.45) is 0 Å². The van der Waals surface area contributed by atoms with Crippen LogP contribution in [0.5, 0.6) is 5.75 Å². The number of ether oxygens (including phenoxy) is 1. The maximum atomic E-state index is 11.8. The predicted molar refractivity (Wildman–Crippen MR) is 73.1 cm³/mol. The Morgan fingerprint density at radius 1 is 1.50 bits per heavy atom. The summed E-state index contributed by atoms with van der Waals surface area (Å²) in [7, 11) is 1.64. The van der Waals surface area contributed by atoms with Gasteiger partial charge in [0.1, 0.15) is 5.75 Å². The van der Waals surface area contributed by atoms with Gasteiger partial charge in [0.25, 0.3) is 0 Å². The first-order chi connectivity index (χ1) is 8.31. The maximum Gasteiger partial charge on any atom is 0.237 e. The summed E-state index contributed by atoms with van der Waals surface area (Å²) in [5.74, 6) is 0.889. The minimum Gasteiger partial charge on any atom is -0.496 e. The summed E-state index contributed by atoms with van der Waals surface area (Å²) in [6.07, 6.45) is 2.00. The van der Waals surface area contributed by atoms with Crippen LogP contribution in [0.25, 0.3) is 0 Å². The molecule has 0 unspecified atom stereocenters. The molecule has 1 amide bonds. The van der Waals surface area contributed by atoms with Crippen molar-refractivity contribution >= 4 is 18.3 Å². The van der Waals surface area contributed by atoms with E-state index < -0.39 is 0 Å². The zero-order valence-corrected chi connectivity index (χ0v) is 11.3. The van der Waals surface area contributed by atoms with Gasteiger partial charge in [0.05, 0.1) is 13.2 Å². The molecule has 5 heteroatoms. The van der Waals surface area contributed by atoms with E-state index in [4.69, 9.17) is 4.74 Å². The summed E-state index contributed by atoms with van der Waals surface area (Å²) in [6.45, 7) is 1.45. The van der Waals surface area contributed by atoms with Crippen LogP contribution in [0.15, 0.2) is 24.3 Å². The lowest BCUT2D eigenvalue weighted by molar-refractivity contribution is -0.122. The second-order valence-corrected chi connectivity index (χ2v) is 4.18. The number of rotatable bonds is 4. The van der Waals surface area contributed by atoms with Crippen molar-refractivity contribution < 1.29 is 9.53 Å². The summed E-state index contributed by atoms with van der Waals surface area (Å²) >= 11 is 0. The average Bonchev–Trinajstić information content (AvgIpc) is 2.90. The largest absolute Gasteiger partial charge is 0.496 e. The zero-order chi connectivity index (χ0) is 12.1. The van der Waals surface area contributed by atoms with Crippen LogP contribution in [0.3, 0.4) is 0 Å². The molecule has 1 atom stereocenters. The monoisotopic (exact) mass is 270 g/mol. The molecule has 1 aliphatic heterocycles. The molecule has 100 valence electrons. The number of halogens is 1. The minimum atomic E-state index is -0.0234. The van der Waals surface area contributed by atoms with Crippen molar-refractivity contribution in [1.29, 1.82) is 0 Å². The first-order valence-electron chi connectivity index (χ1n) is 5.94. The third-order valence-corrected chi connectivity index (χ3v) is 3.02. The number of nitrogens with one attached hydrogen (secondary N) is 2. The normalized spacial score (nSPS) is 17.9. The molecule has 1 aliphatic rings. The Morgan fingerprint density at radius 3 is 2.94 bits per heavy atom. The van der Waals surface area contributed by atoms with Gasteiger partial charge in [-0.1, -0.05) is 18.2 Å². The number of hydrogen-bond acceptors (Lipinski definition) is 3. The molecule has 0 aromatic heterocycles. The summed E-state index contributed by atoms with van der Waals surface area (Å²) in [6, 6.07) is 7.70. The number of carbonyl (C=O) groups is 1. The number of hydrogen-bond donors (Lipinski definition) is 2. The summed E-state index contributed by atoms with van der Waals surface area (Å²) < 4.78 is 5.24. The van der Waals surface area contributed by atoms with Crippen LogP contribution in [0.2, 0.25) is 0 Å². The van der Waals surface area contributed by atoms with Crippen LogP contribution >= 0.6 is 12.4 Å². The Morgan fingerprint density at radius 2 is 2.28 bits per heavy atom. The maximum absolute atomic E-state index is 11.8. The Kier molecular flexibility index (Phi) is 5.95. The fraction of sp³-hybridized carbons (Fsp3) is 0.462. The predicted octanol–water partition coefficient (Wildman–Crippen LogP) is 1.49. The van der Waals surface area contributed by atoms with E-state index in [-0.39, 0.29) is 24.4 Å². The SMILES string of the molecule is COc1ccccc1CNC(=O)[C@@H]1CCCN1.Cl. The molecular formula is C13H19ClN2O2. The first-order valence-corrected chi connectivity index (χ1v) is 5.94. The van der Waals surface area contributed by atoms with Crippen LogP contribution in [-0.2, 0) is 11.3 Å². The van der Waals surface area contributed by atoms with Crippen molar-refractivity contribution in [2.75, 3.05) is 13.7 Å². The van der Waals surface area contributed by atoms with Crippen LogP contribution < -0.4 is 15.4 Å². The van der Waals surface area contributed by atoms with Gasteiger partial charge >= 0.3 is 0 Å². The summed E-state index contributed by atoms with van der Waals surface area (Å²) in [5.41, 5.74) is 1.00. The molecule has 4 nitrogen and oxygen atoms in total. The number of para-hydroxylation sites is 1. The topological polar surface area (TPSA) is 50.4 Å². The highest BCUT2D eigenvalue weighted by molar-refractivity contribution is 5.85. The van der Waals surface area contributed by atoms with E-state index >= 15 is 0 Å². The molecule has 1 fully saturated rings. The van der Waals surface area contributed by atoms with Gasteiger partial charge < -0.3 is 15.4 Å². The molecular weight excluding hydrogens is 252 g/mol. The average molecular weight is 271 g/mol. The van der Waals surface area contributed by atoms with Crippen LogP contribution in [0.4, 0.5) is 0 Å². The highest BCUT2D eigenvalue weighted by atomic mass is 35.5. The van der Waals surface area contributed by atoms with Crippen LogP contribution in [-0.4, -0.2) is 25.6 Å². The second-order valence-electron chi connectivity index (χ2n) is 4.18. The van der Waals surface area contributed by atoms with E-state index in [1.54, 1.807) is 7.11 Å².